The molecule has 0 unspecified atom stereocenters. The average molecular weight is 212 g/mol. The van der Waals surface area contributed by atoms with Crippen LogP contribution in [-0.4, -0.2) is 30.8 Å². The minimum atomic E-state index is -4.67. The Morgan fingerprint density at radius 3 is 1.18 bits per heavy atom. The third-order valence-electron chi connectivity index (χ3n) is 0. The summed E-state index contributed by atoms with van der Waals surface area (Å²) in [6, 6.07) is 0. The third kappa shape index (κ3) is 444. The van der Waals surface area contributed by atoms with Crippen molar-refractivity contribution >= 4 is 21.8 Å². The zero-order valence-corrected chi connectivity index (χ0v) is 9.46. The van der Waals surface area contributed by atoms with E-state index in [1.165, 1.54) is 0 Å². The first kappa shape index (κ1) is 22.9. The van der Waals surface area contributed by atoms with E-state index in [4.69, 9.17) is 30.8 Å². The van der Waals surface area contributed by atoms with E-state index in [1.54, 1.807) is 0 Å². The van der Waals surface area contributed by atoms with Crippen molar-refractivity contribution in [2.24, 2.45) is 0 Å². The molecule has 11 heteroatoms. The minimum absolute atomic E-state index is 0. The van der Waals surface area contributed by atoms with E-state index in [9.17, 15) is 0 Å². The van der Waals surface area contributed by atoms with Crippen molar-refractivity contribution in [2.75, 3.05) is 0 Å². The molecular formula is H6LiNaO7S2. The Kier molecular flexibility index (Phi) is 24.0. The molecule has 0 aromatic rings. The van der Waals surface area contributed by atoms with E-state index in [-0.39, 0.29) is 51.3 Å². The van der Waals surface area contributed by atoms with Crippen molar-refractivity contribution in [3.8, 4) is 0 Å². The summed E-state index contributed by atoms with van der Waals surface area (Å²) in [5.41, 5.74) is 0. The molecule has 0 saturated carbocycles. The van der Waals surface area contributed by atoms with Crippen LogP contribution in [0.2, 0.25) is 0 Å². The van der Waals surface area contributed by atoms with E-state index in [1.807, 2.05) is 0 Å². The Morgan fingerprint density at radius 2 is 1.18 bits per heavy atom. The molecule has 7 nitrogen and oxygen atoms in total. The van der Waals surface area contributed by atoms with Crippen LogP contribution < -0.4 is 48.4 Å². The summed E-state index contributed by atoms with van der Waals surface area (Å²) in [6.45, 7) is 0. The molecule has 0 aliphatic carbocycles. The van der Waals surface area contributed by atoms with Crippen LogP contribution in [0.4, 0.5) is 0 Å². The second-order valence-corrected chi connectivity index (χ2v) is 2.04. The molecule has 0 saturated heterocycles. The van der Waals surface area contributed by atoms with Crippen molar-refractivity contribution in [2.45, 2.75) is 0 Å². The minimum Gasteiger partial charge on any atom is -1.00 e. The summed E-state index contributed by atoms with van der Waals surface area (Å²) in [5.74, 6) is 0. The van der Waals surface area contributed by atoms with Gasteiger partial charge in [-0.2, -0.15) is 12.6 Å². The summed E-state index contributed by atoms with van der Waals surface area (Å²) in [7, 11) is -4.67. The molecule has 0 aromatic carbocycles. The molecule has 4 N–H and O–H groups in total. The fourth-order valence-corrected chi connectivity index (χ4v) is 0. The topological polar surface area (TPSA) is 132 Å². The van der Waals surface area contributed by atoms with Crippen LogP contribution >= 0.6 is 0 Å². The monoisotopic (exact) mass is 212 g/mol. The Bertz CT molecular complexity index is 167. The Hall–Kier alpha value is 1.54. The predicted molar refractivity (Wildman–Crippen MR) is 29.8 cm³/mol. The van der Waals surface area contributed by atoms with Crippen LogP contribution in [0.25, 0.3) is 0 Å². The molecule has 0 aliphatic heterocycles. The Labute approximate surface area is 103 Å². The quantitative estimate of drug-likeness (QED) is 0.178. The smallest absolute Gasteiger partial charge is 1.00 e. The van der Waals surface area contributed by atoms with E-state index in [0.717, 1.165) is 0 Å². The van der Waals surface area contributed by atoms with Crippen molar-refractivity contribution < 1.29 is 82.1 Å². The maximum Gasteiger partial charge on any atom is 1.00 e. The predicted octanol–water partition coefficient (Wildman–Crippen LogP) is -6.74. The second-order valence-electron chi connectivity index (χ2n) is 0.679. The second kappa shape index (κ2) is 11.5. The molecule has 62 valence electrons. The van der Waals surface area contributed by atoms with Crippen molar-refractivity contribution in [3.05, 3.63) is 0 Å². The summed E-state index contributed by atoms with van der Waals surface area (Å²) in [4.78, 5) is 0. The van der Waals surface area contributed by atoms with Crippen LogP contribution in [0.5, 0.6) is 0 Å². The van der Waals surface area contributed by atoms with Crippen LogP contribution in [0.1, 0.15) is 2.85 Å². The third-order valence-corrected chi connectivity index (χ3v) is 0. The van der Waals surface area contributed by atoms with Gasteiger partial charge in [-0.3, -0.25) is 18.2 Å². The van der Waals surface area contributed by atoms with Gasteiger partial charge >= 0.3 is 58.8 Å². The first-order valence-corrected chi connectivity index (χ1v) is 3.69. The van der Waals surface area contributed by atoms with Gasteiger partial charge < -0.3 is 2.85 Å². The van der Waals surface area contributed by atoms with Gasteiger partial charge in [-0.15, -0.1) is 0 Å². The molecule has 0 fully saturated rings. The fraction of sp³-hybridized carbons (Fsp3) is 0. The van der Waals surface area contributed by atoms with Gasteiger partial charge in [0, 0.05) is 0 Å². The van der Waals surface area contributed by atoms with E-state index in [2.05, 4.69) is 0 Å². The summed E-state index contributed by atoms with van der Waals surface area (Å²) in [6.07, 6.45) is 0. The summed E-state index contributed by atoms with van der Waals surface area (Å²) in [5, 5.41) is 0. The molecular weight excluding hydrogens is 206 g/mol. The van der Waals surface area contributed by atoms with Gasteiger partial charge in [-0.05, 0) is 0 Å². The SMILES string of the molecule is O=S(=O)(O)O.O=S(O)O.[H-].[H-].[Li+].[Na+]. The molecule has 0 bridgehead atoms. The van der Waals surface area contributed by atoms with E-state index < -0.39 is 21.8 Å². The van der Waals surface area contributed by atoms with Crippen molar-refractivity contribution in [1.82, 2.24) is 0 Å². The first-order valence-electron chi connectivity index (χ1n) is 1.23. The number of hydrogen-bond acceptors (Lipinski definition) is 3. The zero-order chi connectivity index (χ0) is 8.08. The number of rotatable bonds is 0. The normalized spacial score (nSPS) is 8.45. The van der Waals surface area contributed by atoms with Gasteiger partial charge in [0.15, 0.2) is 0 Å². The van der Waals surface area contributed by atoms with Gasteiger partial charge in [0.1, 0.15) is 0 Å². The summed E-state index contributed by atoms with van der Waals surface area (Å²) < 4.78 is 54.4. The molecule has 0 rings (SSSR count). The molecule has 0 amide bonds. The molecule has 0 radical (unpaired) electrons. The standard InChI is InChI=1S/Li.Na.H2O4S.H2O3S.2H/c;;1-5(2,3)4;1-4(2)3;;/h;;(H2,1,2,3,4);(H2,1,2,3);;/q2*+1;;;2*-1. The molecule has 0 aromatic heterocycles. The number of hydrogen-bond donors (Lipinski definition) is 4. The van der Waals surface area contributed by atoms with Gasteiger partial charge in [-0.25, -0.2) is 0 Å². The Balaban J connectivity index is -0.0000000146. The van der Waals surface area contributed by atoms with E-state index >= 15 is 0 Å². The van der Waals surface area contributed by atoms with E-state index in [0.29, 0.717) is 0 Å². The van der Waals surface area contributed by atoms with Crippen LogP contribution in [0.3, 0.4) is 0 Å². The maximum absolute atomic E-state index is 8.74. The maximum atomic E-state index is 8.74. The fourth-order valence-electron chi connectivity index (χ4n) is 0. The molecule has 0 heterocycles. The molecule has 11 heavy (non-hydrogen) atoms. The molecule has 0 spiro atoms. The zero-order valence-electron chi connectivity index (χ0n) is 7.83. The van der Waals surface area contributed by atoms with Gasteiger partial charge in [0.05, 0.1) is 0 Å². The van der Waals surface area contributed by atoms with Crippen LogP contribution in [0.15, 0.2) is 0 Å². The van der Waals surface area contributed by atoms with Gasteiger partial charge in [0.2, 0.25) is 0 Å². The van der Waals surface area contributed by atoms with Crippen LogP contribution in [0, 0.1) is 0 Å². The van der Waals surface area contributed by atoms with Gasteiger partial charge in [0.25, 0.3) is 11.4 Å². The summed E-state index contributed by atoms with van der Waals surface area (Å²) >= 11 is -2.61. The molecule has 0 aliphatic rings. The largest absolute Gasteiger partial charge is 1.00 e. The van der Waals surface area contributed by atoms with Crippen molar-refractivity contribution in [1.29, 1.82) is 0 Å². The average Bonchev–Trinajstić information content (AvgIpc) is 1.19. The van der Waals surface area contributed by atoms with Crippen molar-refractivity contribution in [3.63, 3.8) is 0 Å². The van der Waals surface area contributed by atoms with Crippen LogP contribution in [-0.2, 0) is 21.8 Å². The first-order chi connectivity index (χ1) is 3.73. The van der Waals surface area contributed by atoms with Gasteiger partial charge in [-0.1, -0.05) is 0 Å². The Morgan fingerprint density at radius 1 is 1.18 bits per heavy atom. The molecule has 0 atom stereocenters.